The first kappa shape index (κ1) is 14.0. The molecule has 0 amide bonds. The SMILES string of the molecule is Cc1ccc(S(=O)(=O)NC(C2CC2)C2CC2)cc1CO. The first-order chi connectivity index (χ1) is 9.51. The highest BCUT2D eigenvalue weighted by Gasteiger charge is 2.43. The summed E-state index contributed by atoms with van der Waals surface area (Å²) in [4.78, 5) is 0.262. The lowest BCUT2D eigenvalue weighted by Gasteiger charge is -2.18. The van der Waals surface area contributed by atoms with E-state index in [0.29, 0.717) is 17.4 Å². The van der Waals surface area contributed by atoms with Crippen LogP contribution in [0.5, 0.6) is 0 Å². The summed E-state index contributed by atoms with van der Waals surface area (Å²) in [6.45, 7) is 1.73. The third-order valence-electron chi connectivity index (χ3n) is 4.35. The van der Waals surface area contributed by atoms with E-state index >= 15 is 0 Å². The van der Waals surface area contributed by atoms with Gasteiger partial charge >= 0.3 is 0 Å². The van der Waals surface area contributed by atoms with Crippen LogP contribution in [0.1, 0.15) is 36.8 Å². The van der Waals surface area contributed by atoms with E-state index in [1.807, 2.05) is 6.92 Å². The molecule has 0 saturated heterocycles. The molecule has 0 radical (unpaired) electrons. The number of hydrogen-bond donors (Lipinski definition) is 2. The Bertz CT molecular complexity index is 592. The van der Waals surface area contributed by atoms with E-state index in [1.54, 1.807) is 18.2 Å². The van der Waals surface area contributed by atoms with Crippen molar-refractivity contribution in [1.82, 2.24) is 4.72 Å². The fourth-order valence-electron chi connectivity index (χ4n) is 2.72. The van der Waals surface area contributed by atoms with Crippen LogP contribution in [-0.4, -0.2) is 19.6 Å². The first-order valence-corrected chi connectivity index (χ1v) is 8.72. The molecule has 5 heteroatoms. The van der Waals surface area contributed by atoms with Gasteiger partial charge in [0.25, 0.3) is 0 Å². The number of nitrogens with one attached hydrogen (secondary N) is 1. The highest BCUT2D eigenvalue weighted by molar-refractivity contribution is 7.89. The monoisotopic (exact) mass is 295 g/mol. The number of benzene rings is 1. The number of aliphatic hydroxyl groups excluding tert-OH is 1. The minimum Gasteiger partial charge on any atom is -0.392 e. The molecule has 0 aromatic heterocycles. The molecule has 2 aliphatic carbocycles. The van der Waals surface area contributed by atoms with Crippen molar-refractivity contribution in [3.8, 4) is 0 Å². The van der Waals surface area contributed by atoms with Gasteiger partial charge in [0.05, 0.1) is 11.5 Å². The van der Waals surface area contributed by atoms with Crippen LogP contribution in [0.2, 0.25) is 0 Å². The third kappa shape index (κ3) is 2.90. The van der Waals surface area contributed by atoms with E-state index in [2.05, 4.69) is 4.72 Å². The smallest absolute Gasteiger partial charge is 0.240 e. The Balaban J connectivity index is 1.83. The van der Waals surface area contributed by atoms with Crippen molar-refractivity contribution in [1.29, 1.82) is 0 Å². The predicted molar refractivity (Wildman–Crippen MR) is 76.7 cm³/mol. The molecule has 20 heavy (non-hydrogen) atoms. The van der Waals surface area contributed by atoms with Crippen LogP contribution < -0.4 is 4.72 Å². The Morgan fingerprint density at radius 2 is 1.85 bits per heavy atom. The minimum atomic E-state index is -3.48. The normalized spacial score (nSPS) is 19.6. The van der Waals surface area contributed by atoms with Gasteiger partial charge in [0, 0.05) is 6.04 Å². The zero-order chi connectivity index (χ0) is 14.3. The second kappa shape index (κ2) is 5.13. The minimum absolute atomic E-state index is 0.110. The van der Waals surface area contributed by atoms with Gasteiger partial charge in [-0.3, -0.25) is 0 Å². The van der Waals surface area contributed by atoms with Crippen molar-refractivity contribution in [2.24, 2.45) is 11.8 Å². The lowest BCUT2D eigenvalue weighted by atomic mass is 10.1. The van der Waals surface area contributed by atoms with Gasteiger partial charge in [-0.1, -0.05) is 6.07 Å². The van der Waals surface area contributed by atoms with Crippen LogP contribution in [-0.2, 0) is 16.6 Å². The maximum absolute atomic E-state index is 12.5. The molecule has 2 saturated carbocycles. The van der Waals surface area contributed by atoms with Gasteiger partial charge in [0.15, 0.2) is 0 Å². The maximum atomic E-state index is 12.5. The van der Waals surface area contributed by atoms with E-state index in [4.69, 9.17) is 0 Å². The summed E-state index contributed by atoms with van der Waals surface area (Å²) in [6.07, 6.45) is 4.55. The van der Waals surface area contributed by atoms with Crippen molar-refractivity contribution in [2.75, 3.05) is 0 Å². The maximum Gasteiger partial charge on any atom is 0.240 e. The number of aliphatic hydroxyl groups is 1. The molecule has 1 aromatic carbocycles. The van der Waals surface area contributed by atoms with Gasteiger partial charge in [0.2, 0.25) is 10.0 Å². The Kier molecular flexibility index (Phi) is 3.60. The Hall–Kier alpha value is -0.910. The number of aryl methyl sites for hydroxylation is 1. The molecule has 1 aromatic rings. The molecule has 0 unspecified atom stereocenters. The number of hydrogen-bond acceptors (Lipinski definition) is 3. The van der Waals surface area contributed by atoms with Crippen LogP contribution in [0, 0.1) is 18.8 Å². The van der Waals surface area contributed by atoms with Gasteiger partial charge in [-0.2, -0.15) is 0 Å². The summed E-state index contributed by atoms with van der Waals surface area (Å²) in [5.41, 5.74) is 1.58. The van der Waals surface area contributed by atoms with Crippen LogP contribution in [0.3, 0.4) is 0 Å². The predicted octanol–water partition coefficient (Wildman–Crippen LogP) is 1.95. The van der Waals surface area contributed by atoms with Crippen LogP contribution in [0.15, 0.2) is 23.1 Å². The van der Waals surface area contributed by atoms with E-state index < -0.39 is 10.0 Å². The molecule has 2 N–H and O–H groups in total. The van der Waals surface area contributed by atoms with E-state index in [0.717, 1.165) is 31.2 Å². The quantitative estimate of drug-likeness (QED) is 0.843. The van der Waals surface area contributed by atoms with Gasteiger partial charge in [-0.15, -0.1) is 0 Å². The fourth-order valence-corrected chi connectivity index (χ4v) is 4.14. The average molecular weight is 295 g/mol. The molecule has 3 rings (SSSR count). The van der Waals surface area contributed by atoms with Crippen molar-refractivity contribution in [3.63, 3.8) is 0 Å². The molecule has 2 fully saturated rings. The lowest BCUT2D eigenvalue weighted by Crippen LogP contribution is -2.38. The summed E-state index contributed by atoms with van der Waals surface area (Å²) in [7, 11) is -3.48. The van der Waals surface area contributed by atoms with Crippen molar-refractivity contribution in [2.45, 2.75) is 50.2 Å². The summed E-state index contributed by atoms with van der Waals surface area (Å²) < 4.78 is 27.9. The van der Waals surface area contributed by atoms with Crippen molar-refractivity contribution >= 4 is 10.0 Å². The van der Waals surface area contributed by atoms with E-state index in [9.17, 15) is 13.5 Å². The molecular formula is C15H21NO3S. The van der Waals surface area contributed by atoms with Gasteiger partial charge < -0.3 is 5.11 Å². The summed E-state index contributed by atoms with van der Waals surface area (Å²) in [5, 5.41) is 9.27. The van der Waals surface area contributed by atoms with Crippen LogP contribution >= 0.6 is 0 Å². The fraction of sp³-hybridized carbons (Fsp3) is 0.600. The third-order valence-corrected chi connectivity index (χ3v) is 5.81. The topological polar surface area (TPSA) is 66.4 Å². The summed E-state index contributed by atoms with van der Waals surface area (Å²) in [6, 6.07) is 5.06. The average Bonchev–Trinajstić information content (AvgIpc) is 3.29. The number of rotatable bonds is 6. The second-order valence-electron chi connectivity index (χ2n) is 6.07. The zero-order valence-corrected chi connectivity index (χ0v) is 12.5. The number of sulfonamides is 1. The van der Waals surface area contributed by atoms with Crippen molar-refractivity contribution < 1.29 is 13.5 Å². The Labute approximate surface area is 120 Å². The second-order valence-corrected chi connectivity index (χ2v) is 7.78. The summed E-state index contributed by atoms with van der Waals surface area (Å²) in [5.74, 6) is 1.06. The Morgan fingerprint density at radius 3 is 2.35 bits per heavy atom. The highest BCUT2D eigenvalue weighted by Crippen LogP contribution is 2.45. The molecule has 0 aliphatic heterocycles. The Morgan fingerprint density at radius 1 is 1.25 bits per heavy atom. The van der Waals surface area contributed by atoms with Crippen molar-refractivity contribution in [3.05, 3.63) is 29.3 Å². The van der Waals surface area contributed by atoms with Gasteiger partial charge in [0.1, 0.15) is 0 Å². The van der Waals surface area contributed by atoms with Gasteiger partial charge in [-0.25, -0.2) is 13.1 Å². The highest BCUT2D eigenvalue weighted by atomic mass is 32.2. The van der Waals surface area contributed by atoms with E-state index in [-0.39, 0.29) is 17.5 Å². The molecule has 4 nitrogen and oxygen atoms in total. The van der Waals surface area contributed by atoms with Gasteiger partial charge in [-0.05, 0) is 67.7 Å². The molecule has 0 atom stereocenters. The molecule has 110 valence electrons. The summed E-state index contributed by atoms with van der Waals surface area (Å²) >= 11 is 0. The van der Waals surface area contributed by atoms with E-state index in [1.165, 1.54) is 0 Å². The zero-order valence-electron chi connectivity index (χ0n) is 11.7. The lowest BCUT2D eigenvalue weighted by molar-refractivity contribution is 0.280. The molecular weight excluding hydrogens is 274 g/mol. The van der Waals surface area contributed by atoms with Crippen LogP contribution in [0.25, 0.3) is 0 Å². The standard InChI is InChI=1S/C15H21NO3S/c1-10-2-7-14(8-13(10)9-17)20(18,19)16-15(11-3-4-11)12-5-6-12/h2,7-8,11-12,15-17H,3-6,9H2,1H3. The molecule has 0 spiro atoms. The molecule has 0 bridgehead atoms. The van der Waals surface area contributed by atoms with Crippen LogP contribution in [0.4, 0.5) is 0 Å². The largest absolute Gasteiger partial charge is 0.392 e. The first-order valence-electron chi connectivity index (χ1n) is 7.24. The molecule has 2 aliphatic rings. The molecule has 0 heterocycles.